The molecule has 2 heterocycles. The lowest BCUT2D eigenvalue weighted by Gasteiger charge is -2.34. The first kappa shape index (κ1) is 11.6. The van der Waals surface area contributed by atoms with Crippen LogP contribution >= 0.6 is 27.7 Å². The number of Topliss-reactive ketones (excluding diaryl/α,β-unsaturated/α-hetero) is 1. The lowest BCUT2D eigenvalue weighted by atomic mass is 9.88. The molecule has 0 N–H and O–H groups in total. The zero-order chi connectivity index (χ0) is 12.0. The molecule has 2 unspecified atom stereocenters. The Morgan fingerprint density at radius 2 is 2.35 bits per heavy atom. The number of ether oxygens (including phenoxy) is 1. The Morgan fingerprint density at radius 1 is 1.53 bits per heavy atom. The minimum atomic E-state index is -0.248. The molecule has 2 aliphatic rings. The highest BCUT2D eigenvalue weighted by molar-refractivity contribution is 9.10. The predicted octanol–water partition coefficient (Wildman–Crippen LogP) is 3.68. The van der Waals surface area contributed by atoms with E-state index in [4.69, 9.17) is 4.74 Å². The van der Waals surface area contributed by atoms with Gasteiger partial charge < -0.3 is 4.74 Å². The fourth-order valence-corrected chi connectivity index (χ4v) is 4.25. The van der Waals surface area contributed by atoms with Crippen LogP contribution in [0.25, 0.3) is 0 Å². The minimum absolute atomic E-state index is 0.210. The molecule has 0 amide bonds. The van der Waals surface area contributed by atoms with Crippen LogP contribution in [-0.2, 0) is 0 Å². The summed E-state index contributed by atoms with van der Waals surface area (Å²) in [5.74, 6) is 1.89. The third-order valence-electron chi connectivity index (χ3n) is 3.34. The summed E-state index contributed by atoms with van der Waals surface area (Å²) in [5.41, 5.74) is 0.469. The Morgan fingerprint density at radius 3 is 3.06 bits per heavy atom. The van der Waals surface area contributed by atoms with Gasteiger partial charge in [0, 0.05) is 15.5 Å². The zero-order valence-electron chi connectivity index (χ0n) is 9.53. The maximum Gasteiger partial charge on any atom is 0.170 e. The summed E-state index contributed by atoms with van der Waals surface area (Å²) in [5, 5.41) is 0.583. The molecular weight excluding hydrogens is 300 g/mol. The average Bonchev–Trinajstić information content (AvgIpc) is 2.61. The van der Waals surface area contributed by atoms with Crippen molar-refractivity contribution in [1.29, 1.82) is 0 Å². The molecule has 90 valence electrons. The smallest absolute Gasteiger partial charge is 0.170 e. The van der Waals surface area contributed by atoms with Crippen LogP contribution in [0.2, 0.25) is 0 Å². The van der Waals surface area contributed by atoms with Crippen molar-refractivity contribution in [3.8, 4) is 5.75 Å². The second-order valence-corrected chi connectivity index (χ2v) is 7.19. The average molecular weight is 313 g/mol. The van der Waals surface area contributed by atoms with Crippen molar-refractivity contribution in [1.82, 2.24) is 0 Å². The molecule has 0 saturated carbocycles. The Balaban J connectivity index is 1.98. The quantitative estimate of drug-likeness (QED) is 0.731. The highest BCUT2D eigenvalue weighted by atomic mass is 79.9. The highest BCUT2D eigenvalue weighted by Crippen LogP contribution is 2.44. The number of benzene rings is 1. The molecule has 2 atom stereocenters. The van der Waals surface area contributed by atoms with E-state index in [2.05, 4.69) is 22.9 Å². The third-order valence-corrected chi connectivity index (χ3v) is 5.26. The SMILES string of the molecule is CC1CC2(CS1)CC(=O)c1cc(Br)ccc1O2. The first-order valence-corrected chi connectivity index (χ1v) is 7.56. The van der Waals surface area contributed by atoms with Gasteiger partial charge in [0.05, 0.1) is 12.0 Å². The van der Waals surface area contributed by atoms with Crippen molar-refractivity contribution in [3.63, 3.8) is 0 Å². The van der Waals surface area contributed by atoms with Gasteiger partial charge in [-0.2, -0.15) is 11.8 Å². The number of carbonyl (C=O) groups excluding carboxylic acids is 1. The van der Waals surface area contributed by atoms with Crippen LogP contribution < -0.4 is 4.74 Å². The molecule has 3 rings (SSSR count). The molecule has 2 aliphatic heterocycles. The van der Waals surface area contributed by atoms with E-state index in [-0.39, 0.29) is 11.4 Å². The number of halogens is 1. The summed E-state index contributed by atoms with van der Waals surface area (Å²) >= 11 is 5.29. The predicted molar refractivity (Wildman–Crippen MR) is 73.0 cm³/mol. The van der Waals surface area contributed by atoms with E-state index in [0.717, 1.165) is 28.0 Å². The fraction of sp³-hybridized carbons (Fsp3) is 0.462. The first-order valence-electron chi connectivity index (χ1n) is 5.71. The monoisotopic (exact) mass is 312 g/mol. The maximum absolute atomic E-state index is 12.2. The summed E-state index contributed by atoms with van der Waals surface area (Å²) in [6.45, 7) is 2.20. The molecule has 4 heteroatoms. The summed E-state index contributed by atoms with van der Waals surface area (Å²) in [6, 6.07) is 5.68. The van der Waals surface area contributed by atoms with Gasteiger partial charge in [0.1, 0.15) is 11.4 Å². The second kappa shape index (κ2) is 4.02. The van der Waals surface area contributed by atoms with Gasteiger partial charge >= 0.3 is 0 Å². The number of carbonyl (C=O) groups is 1. The molecule has 1 aromatic carbocycles. The van der Waals surface area contributed by atoms with Crippen molar-refractivity contribution < 1.29 is 9.53 Å². The van der Waals surface area contributed by atoms with Crippen molar-refractivity contribution in [3.05, 3.63) is 28.2 Å². The van der Waals surface area contributed by atoms with Crippen LogP contribution in [0.4, 0.5) is 0 Å². The Hall–Kier alpha value is -0.480. The molecule has 1 spiro atoms. The third kappa shape index (κ3) is 2.02. The van der Waals surface area contributed by atoms with E-state index in [0.29, 0.717) is 11.7 Å². The summed E-state index contributed by atoms with van der Waals surface area (Å²) in [6.07, 6.45) is 1.49. The first-order chi connectivity index (χ1) is 8.08. The lowest BCUT2D eigenvalue weighted by Crippen LogP contribution is -2.42. The maximum atomic E-state index is 12.2. The Kier molecular flexibility index (Phi) is 2.75. The van der Waals surface area contributed by atoms with E-state index >= 15 is 0 Å². The van der Waals surface area contributed by atoms with E-state index in [9.17, 15) is 4.79 Å². The number of ketones is 1. The number of hydrogen-bond acceptors (Lipinski definition) is 3. The Labute approximate surface area is 113 Å². The summed E-state index contributed by atoms with van der Waals surface area (Å²) in [7, 11) is 0. The molecular formula is C13H13BrO2S. The van der Waals surface area contributed by atoms with Gasteiger partial charge in [-0.3, -0.25) is 4.79 Å². The molecule has 0 radical (unpaired) electrons. The topological polar surface area (TPSA) is 26.3 Å². The van der Waals surface area contributed by atoms with E-state index < -0.39 is 0 Å². The van der Waals surface area contributed by atoms with Gasteiger partial charge in [0.15, 0.2) is 5.78 Å². The molecule has 1 aromatic rings. The number of fused-ring (bicyclic) bond motifs is 1. The standard InChI is InChI=1S/C13H13BrO2S/c1-8-5-13(7-17-8)6-11(15)10-4-9(14)2-3-12(10)16-13/h2-4,8H,5-7H2,1H3. The number of rotatable bonds is 0. The fourth-order valence-electron chi connectivity index (χ4n) is 2.60. The van der Waals surface area contributed by atoms with Crippen LogP contribution in [0.1, 0.15) is 30.1 Å². The number of hydrogen-bond donors (Lipinski definition) is 0. The number of thioether (sulfide) groups is 1. The summed E-state index contributed by atoms with van der Waals surface area (Å²) in [4.78, 5) is 12.2. The minimum Gasteiger partial charge on any atom is -0.485 e. The van der Waals surface area contributed by atoms with Gasteiger partial charge in [0.2, 0.25) is 0 Å². The largest absolute Gasteiger partial charge is 0.485 e. The van der Waals surface area contributed by atoms with Crippen LogP contribution in [0.15, 0.2) is 22.7 Å². The molecule has 17 heavy (non-hydrogen) atoms. The van der Waals surface area contributed by atoms with Crippen molar-refractivity contribution in [2.75, 3.05) is 5.75 Å². The highest BCUT2D eigenvalue weighted by Gasteiger charge is 2.45. The van der Waals surface area contributed by atoms with Gasteiger partial charge in [-0.15, -0.1) is 0 Å². The van der Waals surface area contributed by atoms with Crippen molar-refractivity contribution in [2.24, 2.45) is 0 Å². The van der Waals surface area contributed by atoms with Crippen LogP contribution in [0.3, 0.4) is 0 Å². The van der Waals surface area contributed by atoms with E-state index in [1.807, 2.05) is 30.0 Å². The van der Waals surface area contributed by atoms with Gasteiger partial charge in [-0.05, 0) is 24.6 Å². The molecule has 2 nitrogen and oxygen atoms in total. The normalized spacial score (nSPS) is 31.4. The second-order valence-electron chi connectivity index (χ2n) is 4.85. The Bertz CT molecular complexity index is 488. The summed E-state index contributed by atoms with van der Waals surface area (Å²) < 4.78 is 7.04. The molecule has 1 saturated heterocycles. The van der Waals surface area contributed by atoms with E-state index in [1.165, 1.54) is 0 Å². The van der Waals surface area contributed by atoms with E-state index in [1.54, 1.807) is 0 Å². The molecule has 1 fully saturated rings. The van der Waals surface area contributed by atoms with Crippen molar-refractivity contribution >= 4 is 33.5 Å². The van der Waals surface area contributed by atoms with Crippen LogP contribution in [0, 0.1) is 0 Å². The van der Waals surface area contributed by atoms with Crippen LogP contribution in [-0.4, -0.2) is 22.4 Å². The van der Waals surface area contributed by atoms with Gasteiger partial charge in [-0.25, -0.2) is 0 Å². The molecule has 0 bridgehead atoms. The van der Waals surface area contributed by atoms with Gasteiger partial charge in [0.25, 0.3) is 0 Å². The zero-order valence-corrected chi connectivity index (χ0v) is 11.9. The molecule has 0 aromatic heterocycles. The lowest BCUT2D eigenvalue weighted by molar-refractivity contribution is 0.0541. The van der Waals surface area contributed by atoms with Crippen molar-refractivity contribution in [2.45, 2.75) is 30.6 Å². The van der Waals surface area contributed by atoms with Crippen LogP contribution in [0.5, 0.6) is 5.75 Å². The van der Waals surface area contributed by atoms with Gasteiger partial charge in [-0.1, -0.05) is 22.9 Å². The molecule has 0 aliphatic carbocycles.